The second kappa shape index (κ2) is 9.12. The molecule has 0 unspecified atom stereocenters. The highest BCUT2D eigenvalue weighted by atomic mass is 32.2. The van der Waals surface area contributed by atoms with Gasteiger partial charge in [0.25, 0.3) is 0 Å². The molecule has 0 radical (unpaired) electrons. The van der Waals surface area contributed by atoms with Crippen LogP contribution < -0.4 is 20.1 Å². The number of benzene rings is 4. The Morgan fingerprint density at radius 1 is 0.618 bits per heavy atom. The van der Waals surface area contributed by atoms with E-state index in [1.807, 2.05) is 0 Å². The molecule has 0 aromatic heterocycles. The number of rotatable bonds is 6. The van der Waals surface area contributed by atoms with Crippen molar-refractivity contribution in [1.82, 2.24) is 0 Å². The lowest BCUT2D eigenvalue weighted by atomic mass is 10.0. The van der Waals surface area contributed by atoms with Gasteiger partial charge in [-0.3, -0.25) is 0 Å². The molecule has 0 saturated carbocycles. The largest absolute Gasteiger partial charge is 0.534 e. The first-order valence-corrected chi connectivity index (χ1v) is 13.2. The fourth-order valence-electron chi connectivity index (χ4n) is 3.61. The number of halogens is 3. The SMILES string of the molecule is O=P(c1ccccc1)(c1ccccc1)c1ccccc1-c1ccccc1OS(=O)(=O)C(F)(F)F. The summed E-state index contributed by atoms with van der Waals surface area (Å²) in [4.78, 5) is 0. The van der Waals surface area contributed by atoms with Crippen molar-refractivity contribution < 1.29 is 30.3 Å². The van der Waals surface area contributed by atoms with Crippen LogP contribution in [-0.4, -0.2) is 13.9 Å². The van der Waals surface area contributed by atoms with Gasteiger partial charge in [0.05, 0.1) is 0 Å². The van der Waals surface area contributed by atoms with Gasteiger partial charge in [0, 0.05) is 21.5 Å². The average molecular weight is 502 g/mol. The number of hydrogen-bond donors (Lipinski definition) is 0. The van der Waals surface area contributed by atoms with Crippen LogP contribution >= 0.6 is 7.14 Å². The molecule has 0 saturated heterocycles. The molecule has 9 heteroatoms. The Bertz CT molecular complexity index is 1410. The summed E-state index contributed by atoms with van der Waals surface area (Å²) in [6, 6.07) is 29.4. The van der Waals surface area contributed by atoms with Crippen molar-refractivity contribution in [1.29, 1.82) is 0 Å². The quantitative estimate of drug-likeness (QED) is 0.206. The zero-order valence-electron chi connectivity index (χ0n) is 17.5. The summed E-state index contributed by atoms with van der Waals surface area (Å²) in [6.45, 7) is 0. The zero-order valence-corrected chi connectivity index (χ0v) is 19.2. The molecular weight excluding hydrogens is 484 g/mol. The summed E-state index contributed by atoms with van der Waals surface area (Å²) in [7, 11) is -9.41. The van der Waals surface area contributed by atoms with Crippen LogP contribution in [0.2, 0.25) is 0 Å². The summed E-state index contributed by atoms with van der Waals surface area (Å²) in [5, 5.41) is 1.39. The van der Waals surface area contributed by atoms with Gasteiger partial charge in [-0.1, -0.05) is 103 Å². The minimum absolute atomic E-state index is 0.0676. The van der Waals surface area contributed by atoms with Crippen molar-refractivity contribution in [2.45, 2.75) is 5.51 Å². The van der Waals surface area contributed by atoms with Crippen molar-refractivity contribution in [3.8, 4) is 16.9 Å². The molecule has 0 amide bonds. The summed E-state index contributed by atoms with van der Waals surface area (Å²) in [5.74, 6) is -0.514. The van der Waals surface area contributed by atoms with Crippen LogP contribution in [0.3, 0.4) is 0 Å². The molecule has 4 aromatic carbocycles. The summed E-state index contributed by atoms with van der Waals surface area (Å²) in [5.41, 5.74) is -5.23. The second-order valence-electron chi connectivity index (χ2n) is 7.28. The summed E-state index contributed by atoms with van der Waals surface area (Å²) < 4.78 is 81.8. The fraction of sp³-hybridized carbons (Fsp3) is 0.0400. The van der Waals surface area contributed by atoms with E-state index in [0.717, 1.165) is 6.07 Å². The molecule has 0 aliphatic rings. The van der Waals surface area contributed by atoms with Crippen LogP contribution in [-0.2, 0) is 14.7 Å². The molecule has 0 bridgehead atoms. The monoisotopic (exact) mass is 502 g/mol. The maximum absolute atomic E-state index is 14.8. The third-order valence-corrected chi connectivity index (χ3v) is 9.23. The van der Waals surface area contributed by atoms with Gasteiger partial charge in [-0.05, 0) is 11.6 Å². The van der Waals surface area contributed by atoms with Crippen LogP contribution in [0, 0.1) is 0 Å². The highest BCUT2D eigenvalue weighted by molar-refractivity contribution is 7.88. The van der Waals surface area contributed by atoms with Crippen molar-refractivity contribution in [2.24, 2.45) is 0 Å². The molecule has 0 aliphatic heterocycles. The smallest absolute Gasteiger partial charge is 0.375 e. The predicted octanol–water partition coefficient (Wildman–Crippen LogP) is 5.22. The van der Waals surface area contributed by atoms with Gasteiger partial charge in [-0.25, -0.2) is 0 Å². The first kappa shape index (κ1) is 23.8. The summed E-state index contributed by atoms with van der Waals surface area (Å²) >= 11 is 0. The maximum Gasteiger partial charge on any atom is 0.534 e. The highest BCUT2D eigenvalue weighted by Gasteiger charge is 2.49. The van der Waals surface area contributed by atoms with E-state index < -0.39 is 28.5 Å². The minimum Gasteiger partial charge on any atom is -0.375 e. The highest BCUT2D eigenvalue weighted by Crippen LogP contribution is 2.46. The standard InChI is InChI=1S/C25H18F3O4PS/c26-25(27,28)34(30,31)32-23-17-9-7-15-21(23)22-16-8-10-18-24(22)33(29,19-11-3-1-4-12-19)20-13-5-2-6-14-20/h1-18H. The van der Waals surface area contributed by atoms with E-state index in [-0.39, 0.29) is 5.56 Å². The molecule has 0 aliphatic carbocycles. The Balaban J connectivity index is 1.97. The van der Waals surface area contributed by atoms with Crippen LogP contribution in [0.25, 0.3) is 11.1 Å². The van der Waals surface area contributed by atoms with E-state index in [4.69, 9.17) is 0 Å². The van der Waals surface area contributed by atoms with E-state index in [2.05, 4.69) is 4.18 Å². The van der Waals surface area contributed by atoms with Gasteiger partial charge in [0.2, 0.25) is 0 Å². The molecule has 34 heavy (non-hydrogen) atoms. The molecule has 0 heterocycles. The molecule has 4 rings (SSSR count). The topological polar surface area (TPSA) is 60.4 Å². The van der Waals surface area contributed by atoms with E-state index in [9.17, 15) is 26.2 Å². The Morgan fingerprint density at radius 3 is 1.59 bits per heavy atom. The molecule has 0 atom stereocenters. The third kappa shape index (κ3) is 4.39. The van der Waals surface area contributed by atoms with Gasteiger partial charge in [-0.15, -0.1) is 0 Å². The fourth-order valence-corrected chi connectivity index (χ4v) is 6.95. The lowest BCUT2D eigenvalue weighted by Gasteiger charge is -2.23. The first-order valence-electron chi connectivity index (χ1n) is 10.1. The number of hydrogen-bond acceptors (Lipinski definition) is 4. The molecule has 0 N–H and O–H groups in total. The summed E-state index contributed by atoms with van der Waals surface area (Å²) in [6.07, 6.45) is 0. The third-order valence-electron chi connectivity index (χ3n) is 5.14. The van der Waals surface area contributed by atoms with Crippen molar-refractivity contribution >= 4 is 33.2 Å². The van der Waals surface area contributed by atoms with Crippen LogP contribution in [0.4, 0.5) is 13.2 Å². The molecule has 4 aromatic rings. The lowest BCUT2D eigenvalue weighted by Crippen LogP contribution is -2.28. The molecular formula is C25H18F3O4PS. The maximum atomic E-state index is 14.8. The molecule has 0 fully saturated rings. The normalized spacial score (nSPS) is 12.3. The Morgan fingerprint density at radius 2 is 1.06 bits per heavy atom. The van der Waals surface area contributed by atoms with Crippen LogP contribution in [0.5, 0.6) is 5.75 Å². The minimum atomic E-state index is -5.90. The lowest BCUT2D eigenvalue weighted by molar-refractivity contribution is -0.0499. The molecule has 0 spiro atoms. The van der Waals surface area contributed by atoms with Crippen LogP contribution in [0.1, 0.15) is 0 Å². The van der Waals surface area contributed by atoms with Gasteiger partial charge < -0.3 is 8.75 Å². The van der Waals surface area contributed by atoms with Crippen molar-refractivity contribution in [3.63, 3.8) is 0 Å². The Labute approximate surface area is 195 Å². The van der Waals surface area contributed by atoms with Crippen molar-refractivity contribution in [2.75, 3.05) is 0 Å². The molecule has 4 nitrogen and oxygen atoms in total. The Hall–Kier alpha value is -3.35. The van der Waals surface area contributed by atoms with E-state index in [1.54, 1.807) is 84.9 Å². The zero-order chi connectivity index (χ0) is 24.4. The van der Waals surface area contributed by atoms with E-state index in [0.29, 0.717) is 21.5 Å². The van der Waals surface area contributed by atoms with Gasteiger partial charge in [0.1, 0.15) is 0 Å². The molecule has 174 valence electrons. The Kier molecular flexibility index (Phi) is 6.39. The number of para-hydroxylation sites is 1. The van der Waals surface area contributed by atoms with Crippen molar-refractivity contribution in [3.05, 3.63) is 109 Å². The second-order valence-corrected chi connectivity index (χ2v) is 11.5. The first-order chi connectivity index (χ1) is 16.1. The predicted molar refractivity (Wildman–Crippen MR) is 127 cm³/mol. The van der Waals surface area contributed by atoms with E-state index >= 15 is 0 Å². The average Bonchev–Trinajstić information content (AvgIpc) is 2.84. The van der Waals surface area contributed by atoms with Gasteiger partial charge in [-0.2, -0.15) is 21.6 Å². The van der Waals surface area contributed by atoms with Gasteiger partial charge in [0.15, 0.2) is 12.9 Å². The number of alkyl halides is 3. The van der Waals surface area contributed by atoms with E-state index in [1.165, 1.54) is 18.2 Å². The van der Waals surface area contributed by atoms with Gasteiger partial charge >= 0.3 is 15.6 Å². The van der Waals surface area contributed by atoms with Crippen LogP contribution in [0.15, 0.2) is 109 Å².